The molecule has 0 amide bonds. The Kier molecular flexibility index (Phi) is 7.43. The van der Waals surface area contributed by atoms with Gasteiger partial charge in [0.1, 0.15) is 5.75 Å². The van der Waals surface area contributed by atoms with E-state index in [1.54, 1.807) is 43.5 Å². The highest BCUT2D eigenvalue weighted by atomic mass is 32.2. The highest BCUT2D eigenvalue weighted by Gasteiger charge is 2.27. The number of sulfone groups is 1. The molecule has 0 bridgehead atoms. The van der Waals surface area contributed by atoms with E-state index in [0.29, 0.717) is 19.8 Å². The zero-order valence-electron chi connectivity index (χ0n) is 18.4. The van der Waals surface area contributed by atoms with Crippen LogP contribution in [0.3, 0.4) is 0 Å². The molecule has 2 heterocycles. The molecule has 2 aromatic carbocycles. The zero-order chi connectivity index (χ0) is 23.1. The molecule has 0 unspecified atom stereocenters. The molecule has 0 spiro atoms. The van der Waals surface area contributed by atoms with Gasteiger partial charge in [0.15, 0.2) is 0 Å². The maximum absolute atomic E-state index is 13.3. The monoisotopic (exact) mass is 469 g/mol. The first kappa shape index (κ1) is 23.0. The van der Waals surface area contributed by atoms with Gasteiger partial charge in [0.2, 0.25) is 26.6 Å². The number of ether oxygens (including phenoxy) is 2. The molecule has 1 N–H and O–H groups in total. The van der Waals surface area contributed by atoms with E-state index in [2.05, 4.69) is 15.2 Å². The molecule has 0 atom stereocenters. The molecular weight excluding hydrogens is 442 g/mol. The van der Waals surface area contributed by atoms with Crippen LogP contribution < -0.4 is 10.1 Å². The number of oxazole rings is 1. The van der Waals surface area contributed by atoms with Gasteiger partial charge in [-0.15, -0.1) is 0 Å². The fourth-order valence-electron chi connectivity index (χ4n) is 3.43. The molecule has 33 heavy (non-hydrogen) atoms. The van der Waals surface area contributed by atoms with Crippen molar-refractivity contribution in [3.63, 3.8) is 0 Å². The Balaban J connectivity index is 1.57. The first-order valence-corrected chi connectivity index (χ1v) is 12.2. The number of anilines is 1. The Morgan fingerprint density at radius 3 is 2.48 bits per heavy atom. The smallest absolute Gasteiger partial charge is 0.233 e. The average molecular weight is 470 g/mol. The van der Waals surface area contributed by atoms with Gasteiger partial charge in [-0.3, -0.25) is 4.90 Å². The Hall–Kier alpha value is -3.14. The van der Waals surface area contributed by atoms with E-state index in [-0.39, 0.29) is 21.7 Å². The maximum Gasteiger partial charge on any atom is 0.233 e. The normalized spacial score (nSPS) is 15.1. The van der Waals surface area contributed by atoms with E-state index >= 15 is 0 Å². The summed E-state index contributed by atoms with van der Waals surface area (Å²) in [5.41, 5.74) is 0.906. The number of nitrogens with zero attached hydrogens (tertiary/aromatic N) is 2. The molecule has 1 saturated heterocycles. The molecule has 174 valence electrons. The SMILES string of the molecule is COc1ccc(/C=C/c2nc(S(=O)(=O)c3ccccc3)c(NCCN3CCOCC3)o2)cc1. The Labute approximate surface area is 193 Å². The van der Waals surface area contributed by atoms with Crippen molar-refractivity contribution in [2.24, 2.45) is 0 Å². The van der Waals surface area contributed by atoms with Crippen LogP contribution in [0.2, 0.25) is 0 Å². The predicted octanol–water partition coefficient (Wildman–Crippen LogP) is 3.43. The summed E-state index contributed by atoms with van der Waals surface area (Å²) in [6.07, 6.45) is 3.46. The molecule has 1 aliphatic rings. The topological polar surface area (TPSA) is 93.9 Å². The van der Waals surface area contributed by atoms with Crippen LogP contribution in [-0.2, 0) is 14.6 Å². The molecular formula is C24H27N3O5S. The second kappa shape index (κ2) is 10.7. The number of aromatic nitrogens is 1. The highest BCUT2D eigenvalue weighted by molar-refractivity contribution is 7.91. The van der Waals surface area contributed by atoms with Crippen molar-refractivity contribution in [3.05, 3.63) is 66.1 Å². The third-order valence-electron chi connectivity index (χ3n) is 5.27. The lowest BCUT2D eigenvalue weighted by Crippen LogP contribution is -2.39. The second-order valence-corrected chi connectivity index (χ2v) is 9.36. The van der Waals surface area contributed by atoms with Crippen molar-refractivity contribution >= 4 is 27.9 Å². The number of hydrogen-bond donors (Lipinski definition) is 1. The van der Waals surface area contributed by atoms with Gasteiger partial charge in [0.25, 0.3) is 0 Å². The Morgan fingerprint density at radius 1 is 1.06 bits per heavy atom. The summed E-state index contributed by atoms with van der Waals surface area (Å²) in [6.45, 7) is 4.37. The molecule has 9 heteroatoms. The minimum absolute atomic E-state index is 0.120. The van der Waals surface area contributed by atoms with Crippen LogP contribution in [0.1, 0.15) is 11.5 Å². The molecule has 0 radical (unpaired) electrons. The summed E-state index contributed by atoms with van der Waals surface area (Å²) < 4.78 is 42.9. The summed E-state index contributed by atoms with van der Waals surface area (Å²) in [7, 11) is -2.24. The van der Waals surface area contributed by atoms with Gasteiger partial charge >= 0.3 is 0 Å². The van der Waals surface area contributed by atoms with Gasteiger partial charge in [-0.25, -0.2) is 8.42 Å². The first-order chi connectivity index (χ1) is 16.1. The zero-order valence-corrected chi connectivity index (χ0v) is 19.3. The molecule has 1 fully saturated rings. The Bertz CT molecular complexity index is 1170. The largest absolute Gasteiger partial charge is 0.497 e. The van der Waals surface area contributed by atoms with Crippen molar-refractivity contribution < 1.29 is 22.3 Å². The second-order valence-electron chi connectivity index (χ2n) is 7.49. The molecule has 4 rings (SSSR count). The molecule has 0 saturated carbocycles. The molecule has 3 aromatic rings. The van der Waals surface area contributed by atoms with Crippen LogP contribution in [0.15, 0.2) is 68.9 Å². The molecule has 8 nitrogen and oxygen atoms in total. The van der Waals surface area contributed by atoms with Crippen LogP contribution in [0, 0.1) is 0 Å². The summed E-state index contributed by atoms with van der Waals surface area (Å²) >= 11 is 0. The van der Waals surface area contributed by atoms with Gasteiger partial charge in [-0.05, 0) is 35.9 Å². The fraction of sp³-hybridized carbons (Fsp3) is 0.292. The van der Waals surface area contributed by atoms with Gasteiger partial charge < -0.3 is 19.2 Å². The summed E-state index contributed by atoms with van der Waals surface area (Å²) in [5.74, 6) is 1.10. The van der Waals surface area contributed by atoms with Gasteiger partial charge in [-0.1, -0.05) is 30.3 Å². The fourth-order valence-corrected chi connectivity index (χ4v) is 4.74. The van der Waals surface area contributed by atoms with Crippen molar-refractivity contribution in [3.8, 4) is 5.75 Å². The number of nitrogens with one attached hydrogen (secondary N) is 1. The van der Waals surface area contributed by atoms with Gasteiger partial charge in [0.05, 0.1) is 25.2 Å². The van der Waals surface area contributed by atoms with Gasteiger partial charge in [-0.2, -0.15) is 4.98 Å². The van der Waals surface area contributed by atoms with Crippen molar-refractivity contribution in [2.75, 3.05) is 51.8 Å². The number of benzene rings is 2. The van der Waals surface area contributed by atoms with Crippen molar-refractivity contribution in [1.82, 2.24) is 9.88 Å². The first-order valence-electron chi connectivity index (χ1n) is 10.7. The minimum atomic E-state index is -3.85. The summed E-state index contributed by atoms with van der Waals surface area (Å²) in [6, 6.07) is 15.7. The van der Waals surface area contributed by atoms with Crippen molar-refractivity contribution in [1.29, 1.82) is 0 Å². The third-order valence-corrected chi connectivity index (χ3v) is 6.95. The van der Waals surface area contributed by atoms with Crippen LogP contribution >= 0.6 is 0 Å². The van der Waals surface area contributed by atoms with Crippen LogP contribution in [-0.4, -0.2) is 64.8 Å². The third kappa shape index (κ3) is 5.81. The Morgan fingerprint density at radius 2 is 1.79 bits per heavy atom. The van der Waals surface area contributed by atoms with Crippen molar-refractivity contribution in [2.45, 2.75) is 9.92 Å². The van der Waals surface area contributed by atoms with E-state index in [4.69, 9.17) is 13.9 Å². The van der Waals surface area contributed by atoms with E-state index < -0.39 is 9.84 Å². The van der Waals surface area contributed by atoms with E-state index in [1.165, 1.54) is 0 Å². The minimum Gasteiger partial charge on any atom is -0.497 e. The quantitative estimate of drug-likeness (QED) is 0.510. The predicted molar refractivity (Wildman–Crippen MR) is 126 cm³/mol. The van der Waals surface area contributed by atoms with Crippen LogP contribution in [0.5, 0.6) is 5.75 Å². The lowest BCUT2D eigenvalue weighted by Gasteiger charge is -2.26. The van der Waals surface area contributed by atoms with Crippen LogP contribution in [0.4, 0.5) is 5.88 Å². The molecule has 1 aromatic heterocycles. The highest BCUT2D eigenvalue weighted by Crippen LogP contribution is 2.29. The van der Waals surface area contributed by atoms with Crippen LogP contribution in [0.25, 0.3) is 12.2 Å². The lowest BCUT2D eigenvalue weighted by atomic mass is 10.2. The lowest BCUT2D eigenvalue weighted by molar-refractivity contribution is 0.0398. The summed E-state index contributed by atoms with van der Waals surface area (Å²) in [4.78, 5) is 6.73. The standard InChI is InChI=1S/C24H27N3O5S/c1-30-20-10-7-19(8-11-20)9-12-22-26-24(33(28,29)21-5-3-2-4-6-21)23(32-22)25-13-14-27-15-17-31-18-16-27/h2-12,25H,13-18H2,1H3/b12-9+. The summed E-state index contributed by atoms with van der Waals surface area (Å²) in [5, 5.41) is 3.01. The van der Waals surface area contributed by atoms with E-state index in [0.717, 1.165) is 30.9 Å². The van der Waals surface area contributed by atoms with E-state index in [1.807, 2.05) is 30.3 Å². The number of methoxy groups -OCH3 is 1. The van der Waals surface area contributed by atoms with Gasteiger partial charge in [0, 0.05) is 32.3 Å². The molecule has 1 aliphatic heterocycles. The number of rotatable bonds is 9. The molecule has 0 aliphatic carbocycles. The number of hydrogen-bond acceptors (Lipinski definition) is 8. The average Bonchev–Trinajstić information content (AvgIpc) is 3.28. The maximum atomic E-state index is 13.3. The van der Waals surface area contributed by atoms with E-state index in [9.17, 15) is 8.42 Å². The number of morpholine rings is 1.